The van der Waals surface area contributed by atoms with Crippen LogP contribution in [0, 0.1) is 18.2 Å². The molecule has 88 valence electrons. The van der Waals surface area contributed by atoms with Gasteiger partial charge < -0.3 is 5.32 Å². The molecule has 0 aliphatic rings. The molecule has 0 aliphatic carbocycles. The van der Waals surface area contributed by atoms with Crippen LogP contribution in [0.3, 0.4) is 0 Å². The highest BCUT2D eigenvalue weighted by Gasteiger charge is 2.22. The minimum Gasteiger partial charge on any atom is -0.325 e. The highest BCUT2D eigenvalue weighted by Crippen LogP contribution is 2.27. The molecule has 0 heterocycles. The van der Waals surface area contributed by atoms with E-state index in [2.05, 4.69) is 5.32 Å². The van der Waals surface area contributed by atoms with Gasteiger partial charge in [-0.25, -0.2) is 4.39 Å². The van der Waals surface area contributed by atoms with Crippen LogP contribution in [0.25, 0.3) is 0 Å². The third-order valence-electron chi connectivity index (χ3n) is 2.27. The van der Waals surface area contributed by atoms with Gasteiger partial charge in [0.25, 0.3) is 0 Å². The molecule has 0 saturated carbocycles. The lowest BCUT2D eigenvalue weighted by molar-refractivity contribution is -0.123. The van der Waals surface area contributed by atoms with Crippen molar-refractivity contribution in [3.05, 3.63) is 28.5 Å². The van der Waals surface area contributed by atoms with Crippen LogP contribution in [0.1, 0.15) is 26.3 Å². The Morgan fingerprint density at radius 1 is 1.38 bits per heavy atom. The molecule has 0 aromatic heterocycles. The average molecular weight is 244 g/mol. The van der Waals surface area contributed by atoms with Crippen LogP contribution < -0.4 is 5.32 Å². The lowest BCUT2D eigenvalue weighted by atomic mass is 9.95. The van der Waals surface area contributed by atoms with Gasteiger partial charge in [-0.3, -0.25) is 4.79 Å². The number of nitrogens with one attached hydrogen (secondary N) is 1. The third kappa shape index (κ3) is 2.73. The molecule has 1 aromatic carbocycles. The van der Waals surface area contributed by atoms with Crippen molar-refractivity contribution in [3.8, 4) is 0 Å². The first-order valence-corrected chi connectivity index (χ1v) is 5.37. The summed E-state index contributed by atoms with van der Waals surface area (Å²) in [4.78, 5) is 11.7. The minimum absolute atomic E-state index is 0.0479. The monoisotopic (exact) mass is 243 g/mol. The molecule has 0 atom stereocenters. The maximum absolute atomic E-state index is 13.1. The first-order valence-electron chi connectivity index (χ1n) is 4.99. The predicted octanol–water partition coefficient (Wildman–Crippen LogP) is 3.77. The lowest BCUT2D eigenvalue weighted by Crippen LogP contribution is -2.28. The molecule has 0 spiro atoms. The molecule has 1 rings (SSSR count). The molecule has 1 amide bonds. The van der Waals surface area contributed by atoms with Crippen molar-refractivity contribution in [3.63, 3.8) is 0 Å². The Kier molecular flexibility index (Phi) is 3.58. The summed E-state index contributed by atoms with van der Waals surface area (Å²) >= 11 is 5.75. The smallest absolute Gasteiger partial charge is 0.229 e. The van der Waals surface area contributed by atoms with Gasteiger partial charge in [-0.05, 0) is 24.6 Å². The number of anilines is 1. The van der Waals surface area contributed by atoms with Gasteiger partial charge in [-0.2, -0.15) is 0 Å². The maximum Gasteiger partial charge on any atom is 0.229 e. The fourth-order valence-corrected chi connectivity index (χ4v) is 1.26. The Bertz CT molecular complexity index is 424. The molecular weight excluding hydrogens is 229 g/mol. The van der Waals surface area contributed by atoms with E-state index in [0.717, 1.165) is 0 Å². The van der Waals surface area contributed by atoms with Gasteiger partial charge in [-0.15, -0.1) is 0 Å². The highest BCUT2D eigenvalue weighted by atomic mass is 35.5. The number of hydrogen-bond acceptors (Lipinski definition) is 1. The molecule has 0 saturated heterocycles. The fraction of sp³-hybridized carbons (Fsp3) is 0.417. The second kappa shape index (κ2) is 4.42. The van der Waals surface area contributed by atoms with Crippen LogP contribution in [-0.2, 0) is 4.79 Å². The van der Waals surface area contributed by atoms with E-state index < -0.39 is 11.2 Å². The van der Waals surface area contributed by atoms with E-state index in [1.165, 1.54) is 12.1 Å². The van der Waals surface area contributed by atoms with Gasteiger partial charge in [-0.1, -0.05) is 32.4 Å². The Hall–Kier alpha value is -1.09. The minimum atomic E-state index is -0.493. The molecule has 0 fully saturated rings. The van der Waals surface area contributed by atoms with Crippen LogP contribution in [0.4, 0.5) is 10.1 Å². The van der Waals surface area contributed by atoms with E-state index in [-0.39, 0.29) is 10.9 Å². The van der Waals surface area contributed by atoms with E-state index in [0.29, 0.717) is 11.3 Å². The standard InChI is InChI=1S/C12H15ClFNO/c1-7-9(6-5-8(14)10(7)13)15-11(16)12(2,3)4/h5-6H,1-4H3,(H,15,16). The maximum atomic E-state index is 13.1. The van der Waals surface area contributed by atoms with Crippen molar-refractivity contribution in [2.45, 2.75) is 27.7 Å². The summed E-state index contributed by atoms with van der Waals surface area (Å²) < 4.78 is 13.1. The Labute approximate surface area is 99.8 Å². The Balaban J connectivity index is 3.00. The van der Waals surface area contributed by atoms with Crippen LogP contribution in [0.2, 0.25) is 5.02 Å². The van der Waals surface area contributed by atoms with Crippen LogP contribution in [0.15, 0.2) is 12.1 Å². The number of carbonyl (C=O) groups excluding carboxylic acids is 1. The van der Waals surface area contributed by atoms with Gasteiger partial charge in [0.1, 0.15) is 5.82 Å². The Morgan fingerprint density at radius 3 is 2.44 bits per heavy atom. The van der Waals surface area contributed by atoms with Gasteiger partial charge in [0.15, 0.2) is 0 Å². The van der Waals surface area contributed by atoms with E-state index in [1.807, 2.05) is 20.8 Å². The molecule has 4 heteroatoms. The average Bonchev–Trinajstić information content (AvgIpc) is 2.17. The highest BCUT2D eigenvalue weighted by molar-refractivity contribution is 6.32. The fourth-order valence-electron chi connectivity index (χ4n) is 1.10. The molecule has 2 nitrogen and oxygen atoms in total. The normalized spacial score (nSPS) is 11.4. The summed E-state index contributed by atoms with van der Waals surface area (Å²) in [6.45, 7) is 7.10. The zero-order valence-electron chi connectivity index (χ0n) is 9.82. The largest absolute Gasteiger partial charge is 0.325 e. The van der Waals surface area contributed by atoms with E-state index in [4.69, 9.17) is 11.6 Å². The Morgan fingerprint density at radius 2 is 1.94 bits per heavy atom. The van der Waals surface area contributed by atoms with Crippen molar-refractivity contribution in [1.82, 2.24) is 0 Å². The van der Waals surface area contributed by atoms with Gasteiger partial charge >= 0.3 is 0 Å². The second-order valence-electron chi connectivity index (χ2n) is 4.74. The quantitative estimate of drug-likeness (QED) is 0.799. The molecular formula is C12H15ClFNO. The van der Waals surface area contributed by atoms with Crippen molar-refractivity contribution in [2.24, 2.45) is 5.41 Å². The van der Waals surface area contributed by atoms with Crippen LogP contribution in [-0.4, -0.2) is 5.91 Å². The van der Waals surface area contributed by atoms with Crippen molar-refractivity contribution in [2.75, 3.05) is 5.32 Å². The molecule has 1 N–H and O–H groups in total. The topological polar surface area (TPSA) is 29.1 Å². The SMILES string of the molecule is Cc1c(NC(=O)C(C)(C)C)ccc(F)c1Cl. The van der Waals surface area contributed by atoms with Crippen molar-refractivity contribution in [1.29, 1.82) is 0 Å². The van der Waals surface area contributed by atoms with Gasteiger partial charge in [0.05, 0.1) is 5.02 Å². The zero-order chi connectivity index (χ0) is 12.5. The molecule has 0 bridgehead atoms. The number of rotatable bonds is 1. The summed E-state index contributed by atoms with van der Waals surface area (Å²) in [7, 11) is 0. The number of benzene rings is 1. The lowest BCUT2D eigenvalue weighted by Gasteiger charge is -2.19. The molecule has 0 unspecified atom stereocenters. The first-order chi connectivity index (χ1) is 7.23. The zero-order valence-corrected chi connectivity index (χ0v) is 10.6. The molecule has 0 radical (unpaired) electrons. The van der Waals surface area contributed by atoms with E-state index in [9.17, 15) is 9.18 Å². The predicted molar refractivity (Wildman–Crippen MR) is 64.2 cm³/mol. The van der Waals surface area contributed by atoms with E-state index >= 15 is 0 Å². The van der Waals surface area contributed by atoms with Crippen molar-refractivity contribution >= 4 is 23.2 Å². The number of halogens is 2. The number of amides is 1. The molecule has 1 aromatic rings. The van der Waals surface area contributed by atoms with Gasteiger partial charge in [0.2, 0.25) is 5.91 Å². The van der Waals surface area contributed by atoms with Crippen LogP contribution >= 0.6 is 11.6 Å². The van der Waals surface area contributed by atoms with Gasteiger partial charge in [0, 0.05) is 11.1 Å². The number of hydrogen-bond donors (Lipinski definition) is 1. The van der Waals surface area contributed by atoms with Crippen molar-refractivity contribution < 1.29 is 9.18 Å². The second-order valence-corrected chi connectivity index (χ2v) is 5.12. The third-order valence-corrected chi connectivity index (χ3v) is 2.73. The summed E-state index contributed by atoms with van der Waals surface area (Å²) in [5.41, 5.74) is 0.596. The molecule has 16 heavy (non-hydrogen) atoms. The summed E-state index contributed by atoms with van der Waals surface area (Å²) in [5, 5.41) is 2.78. The first kappa shape index (κ1) is 13.0. The summed E-state index contributed by atoms with van der Waals surface area (Å²) in [6.07, 6.45) is 0. The molecule has 0 aliphatic heterocycles. The number of carbonyl (C=O) groups is 1. The summed E-state index contributed by atoms with van der Waals surface area (Å²) in [5.74, 6) is -0.605. The van der Waals surface area contributed by atoms with Crippen LogP contribution in [0.5, 0.6) is 0 Å². The summed E-state index contributed by atoms with van der Waals surface area (Å²) in [6, 6.07) is 2.76. The van der Waals surface area contributed by atoms with E-state index in [1.54, 1.807) is 6.92 Å².